The van der Waals surface area contributed by atoms with E-state index in [-0.39, 0.29) is 12.5 Å². The van der Waals surface area contributed by atoms with Crippen LogP contribution in [0.4, 0.5) is 11.4 Å². The van der Waals surface area contributed by atoms with Crippen LogP contribution < -0.4 is 15.4 Å². The van der Waals surface area contributed by atoms with Gasteiger partial charge in [-0.3, -0.25) is 4.79 Å². The van der Waals surface area contributed by atoms with Crippen molar-refractivity contribution in [3.8, 4) is 5.75 Å². The molecule has 0 atom stereocenters. The third-order valence-corrected chi connectivity index (χ3v) is 2.34. The molecular weight excluding hydrogens is 220 g/mol. The van der Waals surface area contributed by atoms with E-state index in [4.69, 9.17) is 4.74 Å². The van der Waals surface area contributed by atoms with Gasteiger partial charge in [0.25, 0.3) is 5.91 Å². The molecule has 5 heteroatoms. The van der Waals surface area contributed by atoms with Crippen molar-refractivity contribution in [2.75, 3.05) is 23.8 Å². The van der Waals surface area contributed by atoms with Gasteiger partial charge in [-0.2, -0.15) is 0 Å². The highest BCUT2D eigenvalue weighted by molar-refractivity contribution is 5.95. The maximum atomic E-state index is 11.2. The van der Waals surface area contributed by atoms with Crippen LogP contribution in [0.3, 0.4) is 0 Å². The zero-order valence-corrected chi connectivity index (χ0v) is 9.91. The van der Waals surface area contributed by atoms with Gasteiger partial charge in [-0.05, 0) is 32.0 Å². The van der Waals surface area contributed by atoms with Crippen LogP contribution >= 0.6 is 0 Å². The number of benzene rings is 1. The fourth-order valence-electron chi connectivity index (χ4n) is 1.51. The molecule has 0 spiro atoms. The normalized spacial score (nSPS) is 14.6. The Hall–Kier alpha value is -1.75. The summed E-state index contributed by atoms with van der Waals surface area (Å²) in [5, 5.41) is 15.4. The fraction of sp³-hybridized carbons (Fsp3) is 0.417. The van der Waals surface area contributed by atoms with E-state index in [1.54, 1.807) is 26.0 Å². The van der Waals surface area contributed by atoms with Crippen LogP contribution in [0.2, 0.25) is 0 Å². The van der Waals surface area contributed by atoms with Crippen molar-refractivity contribution in [3.63, 3.8) is 0 Å². The molecule has 3 N–H and O–H groups in total. The van der Waals surface area contributed by atoms with E-state index in [2.05, 4.69) is 10.6 Å². The van der Waals surface area contributed by atoms with Crippen LogP contribution in [0.5, 0.6) is 5.75 Å². The zero-order valence-electron chi connectivity index (χ0n) is 9.91. The highest BCUT2D eigenvalue weighted by Crippen LogP contribution is 2.30. The van der Waals surface area contributed by atoms with Crippen molar-refractivity contribution < 1.29 is 14.6 Å². The van der Waals surface area contributed by atoms with E-state index in [9.17, 15) is 9.90 Å². The fourth-order valence-corrected chi connectivity index (χ4v) is 1.51. The van der Waals surface area contributed by atoms with Crippen LogP contribution in [0.25, 0.3) is 0 Å². The quantitative estimate of drug-likeness (QED) is 0.737. The number of aliphatic hydroxyl groups is 1. The Labute approximate surface area is 99.8 Å². The van der Waals surface area contributed by atoms with Crippen molar-refractivity contribution >= 4 is 17.3 Å². The number of hydrogen-bond acceptors (Lipinski definition) is 4. The SMILES string of the molecule is CC(C)(O)CNc1ccc2c(c1)NC(=O)CO2. The molecule has 0 aliphatic carbocycles. The van der Waals surface area contributed by atoms with E-state index in [0.717, 1.165) is 5.69 Å². The lowest BCUT2D eigenvalue weighted by Gasteiger charge is -2.21. The van der Waals surface area contributed by atoms with Gasteiger partial charge in [0, 0.05) is 12.2 Å². The molecule has 2 rings (SSSR count). The second kappa shape index (κ2) is 4.25. The topological polar surface area (TPSA) is 70.6 Å². The van der Waals surface area contributed by atoms with E-state index < -0.39 is 5.60 Å². The molecule has 0 fully saturated rings. The highest BCUT2D eigenvalue weighted by atomic mass is 16.5. The minimum atomic E-state index is -0.782. The summed E-state index contributed by atoms with van der Waals surface area (Å²) in [6.45, 7) is 3.94. The zero-order chi connectivity index (χ0) is 12.5. The number of amides is 1. The number of hydrogen-bond donors (Lipinski definition) is 3. The summed E-state index contributed by atoms with van der Waals surface area (Å²) >= 11 is 0. The Morgan fingerprint density at radius 1 is 1.53 bits per heavy atom. The third kappa shape index (κ3) is 3.10. The molecule has 17 heavy (non-hydrogen) atoms. The number of fused-ring (bicyclic) bond motifs is 1. The standard InChI is InChI=1S/C12H16N2O3/c1-12(2,16)7-13-8-3-4-10-9(5-8)14-11(15)6-17-10/h3-5,13,16H,6-7H2,1-2H3,(H,14,15). The number of anilines is 2. The first-order chi connectivity index (χ1) is 7.94. The Morgan fingerprint density at radius 2 is 2.29 bits per heavy atom. The van der Waals surface area contributed by atoms with Gasteiger partial charge in [0.1, 0.15) is 5.75 Å². The van der Waals surface area contributed by atoms with Crippen molar-refractivity contribution in [2.24, 2.45) is 0 Å². The Morgan fingerprint density at radius 3 is 3.00 bits per heavy atom. The number of carbonyl (C=O) groups is 1. The Balaban J connectivity index is 2.10. The first kappa shape index (κ1) is 11.7. The van der Waals surface area contributed by atoms with Crippen molar-refractivity contribution in [2.45, 2.75) is 19.4 Å². The molecule has 0 saturated carbocycles. The Kier molecular flexibility index (Phi) is 2.93. The van der Waals surface area contributed by atoms with Gasteiger partial charge >= 0.3 is 0 Å². The van der Waals surface area contributed by atoms with E-state index in [1.165, 1.54) is 0 Å². The maximum absolute atomic E-state index is 11.2. The largest absolute Gasteiger partial charge is 0.482 e. The van der Waals surface area contributed by atoms with E-state index >= 15 is 0 Å². The Bertz CT molecular complexity index is 438. The predicted molar refractivity (Wildman–Crippen MR) is 65.4 cm³/mol. The average molecular weight is 236 g/mol. The molecule has 1 amide bonds. The molecule has 1 aliphatic heterocycles. The summed E-state index contributed by atoms with van der Waals surface area (Å²) in [5.74, 6) is 0.510. The first-order valence-corrected chi connectivity index (χ1v) is 5.47. The molecule has 1 aliphatic rings. The summed E-state index contributed by atoms with van der Waals surface area (Å²) < 4.78 is 5.25. The molecule has 5 nitrogen and oxygen atoms in total. The third-order valence-electron chi connectivity index (χ3n) is 2.34. The summed E-state index contributed by atoms with van der Waals surface area (Å²) in [7, 11) is 0. The number of carbonyl (C=O) groups excluding carboxylic acids is 1. The molecular formula is C12H16N2O3. The van der Waals surface area contributed by atoms with Crippen molar-refractivity contribution in [1.82, 2.24) is 0 Å². The summed E-state index contributed by atoms with van der Waals surface area (Å²) in [6, 6.07) is 5.43. The van der Waals surface area contributed by atoms with Crippen LogP contribution in [0.1, 0.15) is 13.8 Å². The molecule has 0 saturated heterocycles. The molecule has 0 aromatic heterocycles. The van der Waals surface area contributed by atoms with Gasteiger partial charge in [-0.1, -0.05) is 0 Å². The number of rotatable bonds is 3. The lowest BCUT2D eigenvalue weighted by Crippen LogP contribution is -2.29. The predicted octanol–water partition coefficient (Wildman–Crippen LogP) is 1.20. The lowest BCUT2D eigenvalue weighted by atomic mass is 10.1. The van der Waals surface area contributed by atoms with Gasteiger partial charge in [-0.25, -0.2) is 0 Å². The lowest BCUT2D eigenvalue weighted by molar-refractivity contribution is -0.118. The molecule has 1 aromatic carbocycles. The van der Waals surface area contributed by atoms with Crippen LogP contribution in [-0.2, 0) is 4.79 Å². The van der Waals surface area contributed by atoms with Gasteiger partial charge < -0.3 is 20.5 Å². The summed E-state index contributed by atoms with van der Waals surface area (Å²) in [5.41, 5.74) is 0.703. The minimum Gasteiger partial charge on any atom is -0.482 e. The minimum absolute atomic E-state index is 0.0590. The van der Waals surface area contributed by atoms with Crippen LogP contribution in [0.15, 0.2) is 18.2 Å². The van der Waals surface area contributed by atoms with Gasteiger partial charge in [0.05, 0.1) is 11.3 Å². The summed E-state index contributed by atoms with van der Waals surface area (Å²) in [6.07, 6.45) is 0. The van der Waals surface area contributed by atoms with Gasteiger partial charge in [0.15, 0.2) is 6.61 Å². The first-order valence-electron chi connectivity index (χ1n) is 5.47. The molecule has 0 bridgehead atoms. The second-order valence-corrected chi connectivity index (χ2v) is 4.71. The smallest absolute Gasteiger partial charge is 0.262 e. The monoisotopic (exact) mass is 236 g/mol. The average Bonchev–Trinajstić information content (AvgIpc) is 2.24. The molecule has 0 unspecified atom stereocenters. The highest BCUT2D eigenvalue weighted by Gasteiger charge is 2.17. The van der Waals surface area contributed by atoms with Gasteiger partial charge in [0.2, 0.25) is 0 Å². The molecule has 0 radical (unpaired) electrons. The van der Waals surface area contributed by atoms with E-state index in [1.807, 2.05) is 6.07 Å². The second-order valence-electron chi connectivity index (χ2n) is 4.71. The van der Waals surface area contributed by atoms with E-state index in [0.29, 0.717) is 18.0 Å². The number of nitrogens with one attached hydrogen (secondary N) is 2. The summed E-state index contributed by atoms with van der Waals surface area (Å²) in [4.78, 5) is 11.2. The molecule has 1 aromatic rings. The van der Waals surface area contributed by atoms with Crippen molar-refractivity contribution in [1.29, 1.82) is 0 Å². The van der Waals surface area contributed by atoms with Gasteiger partial charge in [-0.15, -0.1) is 0 Å². The molecule has 1 heterocycles. The maximum Gasteiger partial charge on any atom is 0.262 e. The van der Waals surface area contributed by atoms with Crippen LogP contribution in [-0.4, -0.2) is 29.8 Å². The van der Waals surface area contributed by atoms with Crippen molar-refractivity contribution in [3.05, 3.63) is 18.2 Å². The molecule has 92 valence electrons. The number of ether oxygens (including phenoxy) is 1. The van der Waals surface area contributed by atoms with Crippen LogP contribution in [0, 0.1) is 0 Å².